The lowest BCUT2D eigenvalue weighted by Gasteiger charge is -2.11. The smallest absolute Gasteiger partial charge is 0.387 e. The number of hydrogen-bond donors (Lipinski definition) is 1. The van der Waals surface area contributed by atoms with Crippen LogP contribution < -0.4 is 10.1 Å². The van der Waals surface area contributed by atoms with Gasteiger partial charge in [-0.15, -0.1) is 11.3 Å². The Morgan fingerprint density at radius 3 is 2.76 bits per heavy atom. The zero-order valence-corrected chi connectivity index (χ0v) is 12.0. The van der Waals surface area contributed by atoms with Crippen molar-refractivity contribution in [3.05, 3.63) is 46.7 Å². The molecule has 0 saturated heterocycles. The van der Waals surface area contributed by atoms with E-state index in [1.165, 1.54) is 17.0 Å². The molecule has 21 heavy (non-hydrogen) atoms. The molecule has 0 aliphatic heterocycles. The van der Waals surface area contributed by atoms with Gasteiger partial charge in [-0.25, -0.2) is 0 Å². The number of amides is 1. The number of thiophene rings is 1. The zero-order chi connectivity index (χ0) is 15.1. The van der Waals surface area contributed by atoms with Gasteiger partial charge in [0.05, 0.1) is 5.69 Å². The molecule has 6 heteroatoms. The summed E-state index contributed by atoms with van der Waals surface area (Å²) in [7, 11) is 0. The molecule has 2 aromatic rings. The molecule has 112 valence electrons. The molecule has 1 amide bonds. The number of hydrogen-bond acceptors (Lipinski definition) is 3. The Balaban J connectivity index is 1.84. The van der Waals surface area contributed by atoms with Gasteiger partial charge in [0.1, 0.15) is 5.75 Å². The molecule has 0 saturated carbocycles. The summed E-state index contributed by atoms with van der Waals surface area (Å²) in [4.78, 5) is 13.1. The van der Waals surface area contributed by atoms with E-state index in [1.807, 2.05) is 17.5 Å². The molecule has 1 N–H and O–H groups in total. The molecule has 1 aromatic carbocycles. The lowest BCUT2D eigenvalue weighted by molar-refractivity contribution is -0.116. The average Bonchev–Trinajstić information content (AvgIpc) is 2.93. The minimum absolute atomic E-state index is 0.0286. The predicted octanol–water partition coefficient (Wildman–Crippen LogP) is 4.31. The highest BCUT2D eigenvalue weighted by atomic mass is 32.1. The first-order valence-corrected chi connectivity index (χ1v) is 7.39. The quantitative estimate of drug-likeness (QED) is 0.827. The number of anilines is 1. The van der Waals surface area contributed by atoms with Gasteiger partial charge in [-0.2, -0.15) is 8.78 Å². The van der Waals surface area contributed by atoms with Gasteiger partial charge in [0.2, 0.25) is 5.91 Å². The monoisotopic (exact) mass is 311 g/mol. The molecule has 0 spiro atoms. The van der Waals surface area contributed by atoms with Crippen LogP contribution in [0.25, 0.3) is 0 Å². The maximum Gasteiger partial charge on any atom is 0.387 e. The van der Waals surface area contributed by atoms with E-state index in [0.29, 0.717) is 12.8 Å². The van der Waals surface area contributed by atoms with Crippen molar-refractivity contribution >= 4 is 22.9 Å². The number of nitrogens with one attached hydrogen (secondary N) is 1. The Morgan fingerprint density at radius 2 is 2.05 bits per heavy atom. The predicted molar refractivity (Wildman–Crippen MR) is 79.0 cm³/mol. The Kier molecular flexibility index (Phi) is 5.68. The molecule has 0 radical (unpaired) electrons. The minimum atomic E-state index is -2.91. The normalized spacial score (nSPS) is 10.6. The van der Waals surface area contributed by atoms with Gasteiger partial charge in [-0.1, -0.05) is 18.2 Å². The Morgan fingerprint density at radius 1 is 1.24 bits per heavy atom. The number of ether oxygens (including phenoxy) is 1. The molecule has 3 nitrogen and oxygen atoms in total. The fourth-order valence-corrected chi connectivity index (χ4v) is 2.61. The summed E-state index contributed by atoms with van der Waals surface area (Å²) in [5.41, 5.74) is 0.263. The van der Waals surface area contributed by atoms with Crippen molar-refractivity contribution in [2.75, 3.05) is 5.32 Å². The van der Waals surface area contributed by atoms with Crippen LogP contribution in [0.15, 0.2) is 41.8 Å². The lowest BCUT2D eigenvalue weighted by Crippen LogP contribution is -2.13. The maximum absolute atomic E-state index is 12.3. The van der Waals surface area contributed by atoms with E-state index in [2.05, 4.69) is 10.1 Å². The van der Waals surface area contributed by atoms with Crippen LogP contribution in [-0.4, -0.2) is 12.5 Å². The Bertz CT molecular complexity index is 573. The minimum Gasteiger partial charge on any atom is -0.433 e. The van der Waals surface area contributed by atoms with Crippen molar-refractivity contribution in [2.45, 2.75) is 25.9 Å². The maximum atomic E-state index is 12.3. The lowest BCUT2D eigenvalue weighted by atomic mass is 10.2. The number of benzene rings is 1. The standard InChI is InChI=1S/C15H15F2NO2S/c16-15(17)20-13-8-2-1-7-12(13)18-14(19)9-3-5-11-6-4-10-21-11/h1-2,4,6-8,10,15H,3,5,9H2,(H,18,19). The number of aryl methyl sites for hydroxylation is 1. The molecule has 0 aliphatic rings. The van der Waals surface area contributed by atoms with Crippen LogP contribution in [0, 0.1) is 0 Å². The van der Waals surface area contributed by atoms with Crippen molar-refractivity contribution in [3.63, 3.8) is 0 Å². The molecule has 0 aliphatic carbocycles. The van der Waals surface area contributed by atoms with Crippen LogP contribution in [0.4, 0.5) is 14.5 Å². The first-order valence-electron chi connectivity index (χ1n) is 6.51. The van der Waals surface area contributed by atoms with Gasteiger partial charge in [0.25, 0.3) is 0 Å². The van der Waals surface area contributed by atoms with Crippen molar-refractivity contribution in [3.8, 4) is 5.75 Å². The molecular weight excluding hydrogens is 296 g/mol. The third kappa shape index (κ3) is 5.15. The second-order valence-electron chi connectivity index (χ2n) is 4.36. The second kappa shape index (κ2) is 7.73. The first kappa shape index (κ1) is 15.4. The molecule has 0 fully saturated rings. The van der Waals surface area contributed by atoms with Gasteiger partial charge >= 0.3 is 6.61 Å². The molecule has 0 bridgehead atoms. The number of carbonyl (C=O) groups excluding carboxylic acids is 1. The third-order valence-corrected chi connectivity index (χ3v) is 3.72. The summed E-state index contributed by atoms with van der Waals surface area (Å²) < 4.78 is 28.9. The highest BCUT2D eigenvalue weighted by Gasteiger charge is 2.11. The molecule has 0 atom stereocenters. The summed E-state index contributed by atoms with van der Waals surface area (Å²) in [6, 6.07) is 10.2. The van der Waals surface area contributed by atoms with E-state index in [-0.39, 0.29) is 17.3 Å². The van der Waals surface area contributed by atoms with Crippen LogP contribution in [0.3, 0.4) is 0 Å². The van der Waals surface area contributed by atoms with E-state index in [1.54, 1.807) is 23.5 Å². The van der Waals surface area contributed by atoms with Crippen molar-refractivity contribution in [1.82, 2.24) is 0 Å². The van der Waals surface area contributed by atoms with Crippen LogP contribution >= 0.6 is 11.3 Å². The highest BCUT2D eigenvalue weighted by molar-refractivity contribution is 7.09. The molecule has 2 rings (SSSR count). The van der Waals surface area contributed by atoms with Crippen LogP contribution in [0.1, 0.15) is 17.7 Å². The summed E-state index contributed by atoms with van der Waals surface area (Å²) >= 11 is 1.65. The van der Waals surface area contributed by atoms with Gasteiger partial charge < -0.3 is 10.1 Å². The molecule has 1 heterocycles. The SMILES string of the molecule is O=C(CCCc1cccs1)Nc1ccccc1OC(F)F. The van der Waals surface area contributed by atoms with Gasteiger partial charge in [0, 0.05) is 11.3 Å². The molecule has 1 aromatic heterocycles. The Hall–Kier alpha value is -1.95. The van der Waals surface area contributed by atoms with E-state index in [4.69, 9.17) is 0 Å². The topological polar surface area (TPSA) is 38.3 Å². The molecular formula is C15H15F2NO2S. The summed E-state index contributed by atoms with van der Waals surface area (Å²) in [6.45, 7) is -2.91. The van der Waals surface area contributed by atoms with E-state index >= 15 is 0 Å². The second-order valence-corrected chi connectivity index (χ2v) is 5.39. The van der Waals surface area contributed by atoms with Gasteiger partial charge in [-0.3, -0.25) is 4.79 Å². The number of para-hydroxylation sites is 2. The number of rotatable bonds is 7. The van der Waals surface area contributed by atoms with Gasteiger partial charge in [-0.05, 0) is 36.4 Å². The van der Waals surface area contributed by atoms with Crippen molar-refractivity contribution in [2.24, 2.45) is 0 Å². The Labute approximate surface area is 125 Å². The fraction of sp³-hybridized carbons (Fsp3) is 0.267. The third-order valence-electron chi connectivity index (χ3n) is 2.78. The van der Waals surface area contributed by atoms with E-state index in [0.717, 1.165) is 6.42 Å². The largest absolute Gasteiger partial charge is 0.433 e. The average molecular weight is 311 g/mol. The number of alkyl halides is 2. The summed E-state index contributed by atoms with van der Waals surface area (Å²) in [5.74, 6) is -0.240. The molecule has 0 unspecified atom stereocenters. The number of halogens is 2. The van der Waals surface area contributed by atoms with Crippen molar-refractivity contribution < 1.29 is 18.3 Å². The van der Waals surface area contributed by atoms with Crippen molar-refractivity contribution in [1.29, 1.82) is 0 Å². The zero-order valence-electron chi connectivity index (χ0n) is 11.2. The van der Waals surface area contributed by atoms with E-state index in [9.17, 15) is 13.6 Å². The number of carbonyl (C=O) groups is 1. The van der Waals surface area contributed by atoms with Crippen LogP contribution in [0.5, 0.6) is 5.75 Å². The summed E-state index contributed by atoms with van der Waals surface area (Å²) in [6.07, 6.45) is 1.88. The fourth-order valence-electron chi connectivity index (χ4n) is 1.86. The highest BCUT2D eigenvalue weighted by Crippen LogP contribution is 2.25. The van der Waals surface area contributed by atoms with E-state index < -0.39 is 6.61 Å². The summed E-state index contributed by atoms with van der Waals surface area (Å²) in [5, 5.41) is 4.60. The van der Waals surface area contributed by atoms with Gasteiger partial charge in [0.15, 0.2) is 0 Å². The first-order chi connectivity index (χ1) is 10.1. The van der Waals surface area contributed by atoms with Crippen LogP contribution in [0.2, 0.25) is 0 Å². The van der Waals surface area contributed by atoms with Crippen LogP contribution in [-0.2, 0) is 11.2 Å².